The molecule has 0 saturated carbocycles. The van der Waals surface area contributed by atoms with E-state index in [0.717, 1.165) is 12.8 Å². The van der Waals surface area contributed by atoms with Crippen molar-refractivity contribution in [2.45, 2.75) is 32.6 Å². The minimum Gasteiger partial charge on any atom is -0.330 e. The molecule has 0 aliphatic heterocycles. The Morgan fingerprint density at radius 2 is 2.14 bits per heavy atom. The topological polar surface area (TPSA) is 43.1 Å². The molecule has 0 fully saturated rings. The van der Waals surface area contributed by atoms with Crippen LogP contribution in [-0.2, 0) is 17.6 Å². The van der Waals surface area contributed by atoms with Crippen LogP contribution in [0.2, 0.25) is 0 Å². The van der Waals surface area contributed by atoms with Crippen molar-refractivity contribution >= 4 is 17.1 Å². The zero-order valence-electron chi connectivity index (χ0n) is 8.58. The molecule has 1 rings (SSSR count). The van der Waals surface area contributed by atoms with Crippen LogP contribution < -0.4 is 5.73 Å². The second kappa shape index (κ2) is 5.94. The molecule has 0 bridgehead atoms. The normalized spacial score (nSPS) is 10.4. The monoisotopic (exact) mass is 211 g/mol. The van der Waals surface area contributed by atoms with Crippen molar-refractivity contribution in [1.82, 2.24) is 0 Å². The lowest BCUT2D eigenvalue weighted by atomic mass is 10.1. The molecule has 1 aromatic heterocycles. The number of hydrogen-bond donors (Lipinski definition) is 1. The highest BCUT2D eigenvalue weighted by Crippen LogP contribution is 2.18. The molecule has 1 aromatic rings. The summed E-state index contributed by atoms with van der Waals surface area (Å²) in [6.45, 7) is 2.74. The second-order valence-corrected chi connectivity index (χ2v) is 4.58. The standard InChI is InChI=1S/C11H17NOS/c1-2-10-5-6-11(14-10)8-9(13)4-3-7-12/h5-6H,2-4,7-8,12H2,1H3. The number of thiophene rings is 1. The summed E-state index contributed by atoms with van der Waals surface area (Å²) in [5.74, 6) is 0.306. The highest BCUT2D eigenvalue weighted by molar-refractivity contribution is 7.12. The van der Waals surface area contributed by atoms with Gasteiger partial charge in [-0.2, -0.15) is 0 Å². The Bertz CT molecular complexity index is 293. The lowest BCUT2D eigenvalue weighted by molar-refractivity contribution is -0.118. The maximum absolute atomic E-state index is 11.4. The minimum atomic E-state index is 0.306. The van der Waals surface area contributed by atoms with Gasteiger partial charge in [0.15, 0.2) is 0 Å². The van der Waals surface area contributed by atoms with Gasteiger partial charge in [-0.3, -0.25) is 4.79 Å². The molecule has 0 saturated heterocycles. The molecule has 0 aromatic carbocycles. The molecule has 0 atom stereocenters. The molecular weight excluding hydrogens is 194 g/mol. The van der Waals surface area contributed by atoms with E-state index in [1.54, 1.807) is 11.3 Å². The third-order valence-corrected chi connectivity index (χ3v) is 3.33. The van der Waals surface area contributed by atoms with Gasteiger partial charge in [0, 0.05) is 22.6 Å². The van der Waals surface area contributed by atoms with Gasteiger partial charge in [0.05, 0.1) is 0 Å². The molecule has 3 heteroatoms. The molecule has 0 aliphatic carbocycles. The molecule has 1 heterocycles. The van der Waals surface area contributed by atoms with E-state index < -0.39 is 0 Å². The van der Waals surface area contributed by atoms with E-state index in [0.29, 0.717) is 25.2 Å². The molecular formula is C11H17NOS. The quantitative estimate of drug-likeness (QED) is 0.783. The average molecular weight is 211 g/mol. The lowest BCUT2D eigenvalue weighted by Gasteiger charge is -1.96. The summed E-state index contributed by atoms with van der Waals surface area (Å²) in [5.41, 5.74) is 5.35. The Hall–Kier alpha value is -0.670. The van der Waals surface area contributed by atoms with Gasteiger partial charge in [0.25, 0.3) is 0 Å². The van der Waals surface area contributed by atoms with Crippen LogP contribution in [0.3, 0.4) is 0 Å². The highest BCUT2D eigenvalue weighted by Gasteiger charge is 2.05. The molecule has 0 aliphatic rings. The Labute approximate surface area is 89.1 Å². The number of hydrogen-bond acceptors (Lipinski definition) is 3. The zero-order chi connectivity index (χ0) is 10.4. The smallest absolute Gasteiger partial charge is 0.138 e. The summed E-state index contributed by atoms with van der Waals surface area (Å²) >= 11 is 1.74. The number of ketones is 1. The molecule has 2 N–H and O–H groups in total. The molecule has 14 heavy (non-hydrogen) atoms. The van der Waals surface area contributed by atoms with Gasteiger partial charge >= 0.3 is 0 Å². The van der Waals surface area contributed by atoms with E-state index in [1.165, 1.54) is 9.75 Å². The Morgan fingerprint density at radius 1 is 1.43 bits per heavy atom. The minimum absolute atomic E-state index is 0.306. The van der Waals surface area contributed by atoms with Crippen molar-refractivity contribution in [2.24, 2.45) is 5.73 Å². The Balaban J connectivity index is 2.39. The third-order valence-electron chi connectivity index (χ3n) is 2.10. The average Bonchev–Trinajstić information content (AvgIpc) is 2.62. The fraction of sp³-hybridized carbons (Fsp3) is 0.545. The summed E-state index contributed by atoms with van der Waals surface area (Å²) < 4.78 is 0. The van der Waals surface area contributed by atoms with E-state index >= 15 is 0 Å². The van der Waals surface area contributed by atoms with Crippen LogP contribution in [0.5, 0.6) is 0 Å². The van der Waals surface area contributed by atoms with Gasteiger partial charge in [-0.15, -0.1) is 11.3 Å². The molecule has 0 spiro atoms. The molecule has 78 valence electrons. The van der Waals surface area contributed by atoms with Crippen LogP contribution in [0.4, 0.5) is 0 Å². The molecule has 0 amide bonds. The van der Waals surface area contributed by atoms with E-state index in [2.05, 4.69) is 19.1 Å². The fourth-order valence-corrected chi connectivity index (χ4v) is 2.28. The number of carbonyl (C=O) groups is 1. The first-order chi connectivity index (χ1) is 6.76. The zero-order valence-corrected chi connectivity index (χ0v) is 9.40. The first kappa shape index (κ1) is 11.4. The predicted octanol–water partition coefficient (Wildman–Crippen LogP) is 2.16. The second-order valence-electron chi connectivity index (χ2n) is 3.33. The van der Waals surface area contributed by atoms with Gasteiger partial charge in [-0.1, -0.05) is 6.92 Å². The van der Waals surface area contributed by atoms with Crippen molar-refractivity contribution in [3.8, 4) is 0 Å². The summed E-state index contributed by atoms with van der Waals surface area (Å²) in [6, 6.07) is 4.17. The van der Waals surface area contributed by atoms with Gasteiger partial charge in [0.2, 0.25) is 0 Å². The van der Waals surface area contributed by atoms with Crippen LogP contribution in [0.15, 0.2) is 12.1 Å². The van der Waals surface area contributed by atoms with Gasteiger partial charge < -0.3 is 5.73 Å². The van der Waals surface area contributed by atoms with Gasteiger partial charge in [0.1, 0.15) is 5.78 Å². The number of aryl methyl sites for hydroxylation is 1. The van der Waals surface area contributed by atoms with Crippen LogP contribution in [0, 0.1) is 0 Å². The summed E-state index contributed by atoms with van der Waals surface area (Å²) in [4.78, 5) is 14.0. The number of nitrogens with two attached hydrogens (primary N) is 1. The number of Topliss-reactive ketones (excluding diaryl/α,β-unsaturated/α-hetero) is 1. The van der Waals surface area contributed by atoms with Crippen molar-refractivity contribution < 1.29 is 4.79 Å². The SMILES string of the molecule is CCc1ccc(CC(=O)CCCN)s1. The largest absolute Gasteiger partial charge is 0.330 e. The lowest BCUT2D eigenvalue weighted by Crippen LogP contribution is -2.06. The summed E-state index contributed by atoms with van der Waals surface area (Å²) in [6.07, 6.45) is 3.08. The van der Waals surface area contributed by atoms with Crippen LogP contribution in [-0.4, -0.2) is 12.3 Å². The summed E-state index contributed by atoms with van der Waals surface area (Å²) in [7, 11) is 0. The van der Waals surface area contributed by atoms with Crippen molar-refractivity contribution in [2.75, 3.05) is 6.54 Å². The first-order valence-electron chi connectivity index (χ1n) is 5.05. The first-order valence-corrected chi connectivity index (χ1v) is 5.87. The Morgan fingerprint density at radius 3 is 2.71 bits per heavy atom. The van der Waals surface area contributed by atoms with Gasteiger partial charge in [-0.05, 0) is 31.5 Å². The maximum atomic E-state index is 11.4. The van der Waals surface area contributed by atoms with Crippen LogP contribution >= 0.6 is 11.3 Å². The maximum Gasteiger partial charge on any atom is 0.138 e. The van der Waals surface area contributed by atoms with E-state index in [9.17, 15) is 4.79 Å². The van der Waals surface area contributed by atoms with Crippen LogP contribution in [0.25, 0.3) is 0 Å². The molecule has 0 unspecified atom stereocenters. The predicted molar refractivity (Wildman–Crippen MR) is 60.7 cm³/mol. The van der Waals surface area contributed by atoms with Crippen molar-refractivity contribution in [1.29, 1.82) is 0 Å². The van der Waals surface area contributed by atoms with Crippen molar-refractivity contribution in [3.63, 3.8) is 0 Å². The van der Waals surface area contributed by atoms with Crippen molar-refractivity contribution in [3.05, 3.63) is 21.9 Å². The third kappa shape index (κ3) is 3.60. The number of rotatable bonds is 6. The van der Waals surface area contributed by atoms with E-state index in [4.69, 9.17) is 5.73 Å². The van der Waals surface area contributed by atoms with Crippen LogP contribution in [0.1, 0.15) is 29.5 Å². The molecule has 0 radical (unpaired) electrons. The van der Waals surface area contributed by atoms with E-state index in [-0.39, 0.29) is 0 Å². The van der Waals surface area contributed by atoms with E-state index in [1.807, 2.05) is 0 Å². The molecule has 2 nitrogen and oxygen atoms in total. The summed E-state index contributed by atoms with van der Waals surface area (Å²) in [5, 5.41) is 0. The van der Waals surface area contributed by atoms with Gasteiger partial charge in [-0.25, -0.2) is 0 Å². The Kier molecular flexibility index (Phi) is 4.84. The fourth-order valence-electron chi connectivity index (χ4n) is 1.29. The number of carbonyl (C=O) groups excluding carboxylic acids is 1. The highest BCUT2D eigenvalue weighted by atomic mass is 32.1.